The summed E-state index contributed by atoms with van der Waals surface area (Å²) in [6, 6.07) is 6.59. The molecule has 1 aliphatic heterocycles. The molecule has 1 heterocycles. The number of nitrogens with zero attached hydrogens (tertiary/aromatic N) is 1. The molecule has 0 bridgehead atoms. The molecule has 1 aliphatic rings. The van der Waals surface area contributed by atoms with Crippen LogP contribution in [0.1, 0.15) is 19.4 Å². The van der Waals surface area contributed by atoms with E-state index in [1.54, 1.807) is 7.05 Å². The van der Waals surface area contributed by atoms with Gasteiger partial charge in [0.1, 0.15) is 5.82 Å². The van der Waals surface area contributed by atoms with Crippen LogP contribution in [0.3, 0.4) is 0 Å². The van der Waals surface area contributed by atoms with Crippen LogP contribution in [0.15, 0.2) is 41.5 Å². The topological polar surface area (TPSA) is 36.4 Å². The van der Waals surface area contributed by atoms with Gasteiger partial charge in [0.25, 0.3) is 0 Å². The molecular weight excluding hydrogens is 229 g/mol. The van der Waals surface area contributed by atoms with Crippen LogP contribution >= 0.6 is 0 Å². The second-order valence-corrected chi connectivity index (χ2v) is 4.71. The summed E-state index contributed by atoms with van der Waals surface area (Å²) >= 11 is 0. The van der Waals surface area contributed by atoms with E-state index in [2.05, 4.69) is 35.5 Å². The van der Waals surface area contributed by atoms with Gasteiger partial charge >= 0.3 is 0 Å². The van der Waals surface area contributed by atoms with E-state index in [-0.39, 0.29) is 11.4 Å². The fourth-order valence-corrected chi connectivity index (χ4v) is 2.21. The molecule has 3 nitrogen and oxygen atoms in total. The van der Waals surface area contributed by atoms with Gasteiger partial charge in [0.15, 0.2) is 5.96 Å². The van der Waals surface area contributed by atoms with Crippen LogP contribution in [0.4, 0.5) is 4.39 Å². The Morgan fingerprint density at radius 1 is 1.22 bits per heavy atom. The molecule has 1 aromatic carbocycles. The molecule has 0 saturated carbocycles. The summed E-state index contributed by atoms with van der Waals surface area (Å²) in [5.74, 6) is 0.800. The van der Waals surface area contributed by atoms with Gasteiger partial charge in [-0.25, -0.2) is 4.39 Å². The first kappa shape index (κ1) is 12.6. The van der Waals surface area contributed by atoms with Crippen molar-refractivity contribution in [3.05, 3.63) is 47.9 Å². The number of hydrogen-bond donors (Lipinski definition) is 2. The predicted molar refractivity (Wildman–Crippen MR) is 71.7 cm³/mol. The van der Waals surface area contributed by atoms with E-state index < -0.39 is 0 Å². The monoisotopic (exact) mass is 247 g/mol. The average Bonchev–Trinajstić information content (AvgIpc) is 2.39. The van der Waals surface area contributed by atoms with Gasteiger partial charge in [0.05, 0.1) is 5.54 Å². The van der Waals surface area contributed by atoms with Crippen LogP contribution in [0.5, 0.6) is 0 Å². The largest absolute Gasteiger partial charge is 0.343 e. The molecule has 4 heteroatoms. The van der Waals surface area contributed by atoms with Crippen molar-refractivity contribution in [3.8, 4) is 0 Å². The van der Waals surface area contributed by atoms with E-state index in [1.165, 1.54) is 12.1 Å². The smallest absolute Gasteiger partial charge is 0.196 e. The molecule has 2 rings (SSSR count). The highest BCUT2D eigenvalue weighted by molar-refractivity contribution is 5.83. The van der Waals surface area contributed by atoms with Crippen molar-refractivity contribution in [1.29, 1.82) is 0 Å². The number of nitrogens with one attached hydrogen (secondary N) is 2. The lowest BCUT2D eigenvalue weighted by atomic mass is 9.79. The van der Waals surface area contributed by atoms with Gasteiger partial charge in [-0.15, -0.1) is 0 Å². The molecule has 0 aromatic heterocycles. The van der Waals surface area contributed by atoms with Crippen molar-refractivity contribution in [1.82, 2.24) is 10.6 Å². The van der Waals surface area contributed by atoms with Crippen LogP contribution in [-0.4, -0.2) is 13.0 Å². The SMILES string of the molecule is CN=C1NC=CC(c2ccc(F)cc2)(C(C)C)N1. The fourth-order valence-electron chi connectivity index (χ4n) is 2.21. The Hall–Kier alpha value is -1.84. The lowest BCUT2D eigenvalue weighted by Crippen LogP contribution is -2.54. The number of halogens is 1. The van der Waals surface area contributed by atoms with Crippen LogP contribution in [0.2, 0.25) is 0 Å². The summed E-state index contributed by atoms with van der Waals surface area (Å²) in [7, 11) is 1.73. The van der Waals surface area contributed by atoms with Crippen LogP contribution < -0.4 is 10.6 Å². The summed E-state index contributed by atoms with van der Waals surface area (Å²) in [6.45, 7) is 4.25. The van der Waals surface area contributed by atoms with Crippen molar-refractivity contribution in [2.24, 2.45) is 10.9 Å². The van der Waals surface area contributed by atoms with Gasteiger partial charge in [-0.2, -0.15) is 0 Å². The summed E-state index contributed by atoms with van der Waals surface area (Å²) in [4.78, 5) is 4.14. The Morgan fingerprint density at radius 3 is 2.44 bits per heavy atom. The van der Waals surface area contributed by atoms with Gasteiger partial charge in [0, 0.05) is 13.2 Å². The number of guanidine groups is 1. The zero-order chi connectivity index (χ0) is 13.2. The third-order valence-electron chi connectivity index (χ3n) is 3.35. The van der Waals surface area contributed by atoms with E-state index in [9.17, 15) is 4.39 Å². The Morgan fingerprint density at radius 2 is 1.89 bits per heavy atom. The number of aliphatic imine (C=N–C) groups is 1. The maximum atomic E-state index is 13.0. The van der Waals surface area contributed by atoms with Crippen molar-refractivity contribution in [2.45, 2.75) is 19.4 Å². The van der Waals surface area contributed by atoms with Crippen LogP contribution in [0.25, 0.3) is 0 Å². The Bertz CT molecular complexity index is 476. The maximum absolute atomic E-state index is 13.0. The number of hydrogen-bond acceptors (Lipinski definition) is 1. The van der Waals surface area contributed by atoms with Crippen LogP contribution in [-0.2, 0) is 5.54 Å². The van der Waals surface area contributed by atoms with Crippen LogP contribution in [0, 0.1) is 11.7 Å². The first-order chi connectivity index (χ1) is 8.58. The third-order valence-corrected chi connectivity index (χ3v) is 3.35. The first-order valence-electron chi connectivity index (χ1n) is 6.04. The second kappa shape index (κ2) is 4.80. The standard InChI is InChI=1S/C14H18FN3/c1-10(2)14(8-9-17-13(16-3)18-14)11-4-6-12(15)7-5-11/h4-10H,1-3H3,(H2,16,17,18). The minimum Gasteiger partial charge on any atom is -0.343 e. The molecule has 1 aromatic rings. The minimum absolute atomic E-state index is 0.222. The molecule has 0 spiro atoms. The summed E-state index contributed by atoms with van der Waals surface area (Å²) < 4.78 is 13.0. The Balaban J connectivity index is 2.48. The van der Waals surface area contributed by atoms with E-state index >= 15 is 0 Å². The third kappa shape index (κ3) is 2.10. The maximum Gasteiger partial charge on any atom is 0.196 e. The Labute approximate surface area is 107 Å². The van der Waals surface area contributed by atoms with Crippen molar-refractivity contribution >= 4 is 5.96 Å². The lowest BCUT2D eigenvalue weighted by molar-refractivity contribution is 0.346. The molecule has 18 heavy (non-hydrogen) atoms. The van der Waals surface area contributed by atoms with E-state index in [0.29, 0.717) is 5.92 Å². The average molecular weight is 247 g/mol. The molecular formula is C14H18FN3. The normalized spacial score (nSPS) is 25.1. The molecule has 0 radical (unpaired) electrons. The molecule has 1 atom stereocenters. The number of benzene rings is 1. The quantitative estimate of drug-likeness (QED) is 0.841. The highest BCUT2D eigenvalue weighted by Gasteiger charge is 2.35. The van der Waals surface area contributed by atoms with E-state index in [1.807, 2.05) is 18.3 Å². The molecule has 0 amide bonds. The van der Waals surface area contributed by atoms with E-state index in [4.69, 9.17) is 0 Å². The summed E-state index contributed by atoms with van der Waals surface area (Å²) in [5, 5.41) is 6.43. The molecule has 0 saturated heterocycles. The van der Waals surface area contributed by atoms with Gasteiger partial charge in [0.2, 0.25) is 0 Å². The zero-order valence-electron chi connectivity index (χ0n) is 10.9. The number of rotatable bonds is 2. The van der Waals surface area contributed by atoms with Gasteiger partial charge < -0.3 is 10.6 Å². The summed E-state index contributed by atoms with van der Waals surface area (Å²) in [5.41, 5.74) is 0.672. The molecule has 2 N–H and O–H groups in total. The predicted octanol–water partition coefficient (Wildman–Crippen LogP) is 2.37. The van der Waals surface area contributed by atoms with Gasteiger partial charge in [-0.3, -0.25) is 4.99 Å². The summed E-state index contributed by atoms with van der Waals surface area (Å²) in [6.07, 6.45) is 3.93. The van der Waals surface area contributed by atoms with E-state index in [0.717, 1.165) is 11.5 Å². The van der Waals surface area contributed by atoms with Gasteiger partial charge in [-0.1, -0.05) is 26.0 Å². The molecule has 0 aliphatic carbocycles. The molecule has 1 unspecified atom stereocenters. The zero-order valence-corrected chi connectivity index (χ0v) is 10.9. The highest BCUT2D eigenvalue weighted by atomic mass is 19.1. The fraction of sp³-hybridized carbons (Fsp3) is 0.357. The first-order valence-corrected chi connectivity index (χ1v) is 6.04. The van der Waals surface area contributed by atoms with Crippen molar-refractivity contribution in [3.63, 3.8) is 0 Å². The highest BCUT2D eigenvalue weighted by Crippen LogP contribution is 2.32. The van der Waals surface area contributed by atoms with Crippen molar-refractivity contribution < 1.29 is 4.39 Å². The second-order valence-electron chi connectivity index (χ2n) is 4.71. The Kier molecular flexibility index (Phi) is 3.36. The lowest BCUT2D eigenvalue weighted by Gasteiger charge is -2.39. The van der Waals surface area contributed by atoms with Crippen molar-refractivity contribution in [2.75, 3.05) is 7.05 Å². The molecule has 96 valence electrons. The minimum atomic E-state index is -0.353. The molecule has 0 fully saturated rings. The van der Waals surface area contributed by atoms with Gasteiger partial charge in [-0.05, 0) is 29.7 Å².